The van der Waals surface area contributed by atoms with E-state index in [0.29, 0.717) is 11.1 Å². The van der Waals surface area contributed by atoms with Crippen molar-refractivity contribution in [1.29, 1.82) is 0 Å². The zero-order valence-electron chi connectivity index (χ0n) is 11.7. The number of ether oxygens (including phenoxy) is 2. The molecule has 0 fully saturated rings. The molecule has 0 atom stereocenters. The molecule has 0 saturated carbocycles. The van der Waals surface area contributed by atoms with Crippen LogP contribution in [0.25, 0.3) is 0 Å². The van der Waals surface area contributed by atoms with Crippen LogP contribution in [0.2, 0.25) is 0 Å². The Balaban J connectivity index is 2.40. The summed E-state index contributed by atoms with van der Waals surface area (Å²) < 4.78 is 9.44. The number of esters is 2. The lowest BCUT2D eigenvalue weighted by Crippen LogP contribution is -2.07. The van der Waals surface area contributed by atoms with Crippen molar-refractivity contribution in [3.05, 3.63) is 59.7 Å². The van der Waals surface area contributed by atoms with E-state index in [9.17, 15) is 9.59 Å². The van der Waals surface area contributed by atoms with E-state index in [1.165, 1.54) is 32.0 Å². The summed E-state index contributed by atoms with van der Waals surface area (Å²) in [5.74, 6) is -0.976. The molecule has 108 valence electrons. The summed E-state index contributed by atoms with van der Waals surface area (Å²) in [7, 11) is 2.61. The highest BCUT2D eigenvalue weighted by Gasteiger charge is 2.16. The zero-order chi connectivity index (χ0) is 15.2. The Kier molecular flexibility index (Phi) is 5.00. The molecule has 0 aliphatic carbocycles. The number of carbonyl (C=O) groups excluding carboxylic acids is 2. The van der Waals surface area contributed by atoms with E-state index in [4.69, 9.17) is 4.74 Å². The van der Waals surface area contributed by atoms with Crippen LogP contribution in [-0.4, -0.2) is 26.2 Å². The van der Waals surface area contributed by atoms with Crippen LogP contribution in [-0.2, 0) is 9.47 Å². The summed E-state index contributed by atoms with van der Waals surface area (Å²) in [5, 5.41) is 0. The third-order valence-electron chi connectivity index (χ3n) is 2.78. The maximum atomic E-state index is 11.9. The molecule has 0 amide bonds. The van der Waals surface area contributed by atoms with Crippen LogP contribution in [0, 0.1) is 0 Å². The molecule has 0 aromatic heterocycles. The Bertz CT molecular complexity index is 653. The summed E-state index contributed by atoms with van der Waals surface area (Å²) >= 11 is 1.43. The first kappa shape index (κ1) is 15.1. The first-order valence-electron chi connectivity index (χ1n) is 6.19. The van der Waals surface area contributed by atoms with Crippen molar-refractivity contribution < 1.29 is 19.1 Å². The van der Waals surface area contributed by atoms with Gasteiger partial charge in [0.05, 0.1) is 25.3 Å². The average Bonchev–Trinajstić information content (AvgIpc) is 2.54. The van der Waals surface area contributed by atoms with Gasteiger partial charge >= 0.3 is 11.9 Å². The Morgan fingerprint density at radius 3 is 2.19 bits per heavy atom. The summed E-state index contributed by atoms with van der Waals surface area (Å²) in [6, 6.07) is 14.5. The molecule has 0 heterocycles. The van der Waals surface area contributed by atoms with E-state index < -0.39 is 11.9 Å². The van der Waals surface area contributed by atoms with Crippen molar-refractivity contribution in [3.63, 3.8) is 0 Å². The van der Waals surface area contributed by atoms with E-state index in [1.807, 2.05) is 30.3 Å². The smallest absolute Gasteiger partial charge is 0.339 e. The van der Waals surface area contributed by atoms with Crippen LogP contribution in [0.15, 0.2) is 58.3 Å². The Hall–Kier alpha value is -2.27. The van der Waals surface area contributed by atoms with Gasteiger partial charge in [-0.2, -0.15) is 0 Å². The van der Waals surface area contributed by atoms with Crippen LogP contribution in [0.5, 0.6) is 0 Å². The molecule has 0 saturated heterocycles. The summed E-state index contributed by atoms with van der Waals surface area (Å²) in [6.07, 6.45) is 0. The largest absolute Gasteiger partial charge is 0.465 e. The minimum Gasteiger partial charge on any atom is -0.465 e. The Labute approximate surface area is 127 Å². The number of benzene rings is 2. The molecular formula is C16H14O4S. The quantitative estimate of drug-likeness (QED) is 0.810. The summed E-state index contributed by atoms with van der Waals surface area (Å²) in [6.45, 7) is 0. The van der Waals surface area contributed by atoms with Gasteiger partial charge in [0.1, 0.15) is 0 Å². The molecule has 5 heteroatoms. The normalized spacial score (nSPS) is 10.0. The highest BCUT2D eigenvalue weighted by atomic mass is 32.2. The summed E-state index contributed by atoms with van der Waals surface area (Å²) in [5.41, 5.74) is 0.657. The van der Waals surface area contributed by atoms with Crippen molar-refractivity contribution in [2.75, 3.05) is 14.2 Å². The Morgan fingerprint density at radius 1 is 0.905 bits per heavy atom. The molecule has 4 nitrogen and oxygen atoms in total. The van der Waals surface area contributed by atoms with Crippen LogP contribution < -0.4 is 0 Å². The molecule has 2 aromatic carbocycles. The predicted octanol–water partition coefficient (Wildman–Crippen LogP) is 3.41. The topological polar surface area (TPSA) is 52.6 Å². The van der Waals surface area contributed by atoms with Crippen LogP contribution in [0.1, 0.15) is 20.7 Å². The third-order valence-corrected chi connectivity index (χ3v) is 3.86. The highest BCUT2D eigenvalue weighted by molar-refractivity contribution is 7.99. The molecule has 0 unspecified atom stereocenters. The molecule has 2 rings (SSSR count). The molecule has 21 heavy (non-hydrogen) atoms. The molecule has 2 aromatic rings. The van der Waals surface area contributed by atoms with Crippen LogP contribution in [0.4, 0.5) is 0 Å². The van der Waals surface area contributed by atoms with Crippen molar-refractivity contribution in [2.24, 2.45) is 0 Å². The van der Waals surface area contributed by atoms with Gasteiger partial charge < -0.3 is 9.47 Å². The second kappa shape index (κ2) is 6.95. The van der Waals surface area contributed by atoms with Gasteiger partial charge in [-0.05, 0) is 30.3 Å². The standard InChI is InChI=1S/C16H14O4S/c1-19-15(17)11-8-9-14(13(10-11)16(18)20-2)21-12-6-4-3-5-7-12/h3-10H,1-2H3. The van der Waals surface area contributed by atoms with Crippen molar-refractivity contribution in [3.8, 4) is 0 Å². The average molecular weight is 302 g/mol. The van der Waals surface area contributed by atoms with Gasteiger partial charge in [-0.1, -0.05) is 30.0 Å². The van der Waals surface area contributed by atoms with Gasteiger partial charge in [0.25, 0.3) is 0 Å². The van der Waals surface area contributed by atoms with Crippen LogP contribution >= 0.6 is 11.8 Å². The van der Waals surface area contributed by atoms with E-state index in [0.717, 1.165) is 9.79 Å². The van der Waals surface area contributed by atoms with E-state index in [-0.39, 0.29) is 0 Å². The Morgan fingerprint density at radius 2 is 1.57 bits per heavy atom. The fourth-order valence-corrected chi connectivity index (χ4v) is 2.68. The van der Waals surface area contributed by atoms with E-state index in [2.05, 4.69) is 4.74 Å². The maximum absolute atomic E-state index is 11.9. The number of hydrogen-bond acceptors (Lipinski definition) is 5. The van der Waals surface area contributed by atoms with Crippen molar-refractivity contribution in [1.82, 2.24) is 0 Å². The molecule has 0 N–H and O–H groups in total. The lowest BCUT2D eigenvalue weighted by atomic mass is 10.1. The van der Waals surface area contributed by atoms with Gasteiger partial charge in [-0.15, -0.1) is 0 Å². The van der Waals surface area contributed by atoms with Crippen molar-refractivity contribution >= 4 is 23.7 Å². The number of rotatable bonds is 4. The third kappa shape index (κ3) is 3.64. The van der Waals surface area contributed by atoms with Gasteiger partial charge in [-0.25, -0.2) is 9.59 Å². The fourth-order valence-electron chi connectivity index (χ4n) is 1.75. The number of hydrogen-bond donors (Lipinski definition) is 0. The highest BCUT2D eigenvalue weighted by Crippen LogP contribution is 2.31. The lowest BCUT2D eigenvalue weighted by Gasteiger charge is -2.09. The maximum Gasteiger partial charge on any atom is 0.339 e. The van der Waals surface area contributed by atoms with Gasteiger partial charge in [0.15, 0.2) is 0 Å². The van der Waals surface area contributed by atoms with E-state index in [1.54, 1.807) is 12.1 Å². The first-order chi connectivity index (χ1) is 10.2. The monoisotopic (exact) mass is 302 g/mol. The molecule has 0 bridgehead atoms. The second-order valence-corrected chi connectivity index (χ2v) is 5.22. The molecule has 0 aliphatic heterocycles. The van der Waals surface area contributed by atoms with Gasteiger partial charge in [0.2, 0.25) is 0 Å². The SMILES string of the molecule is COC(=O)c1ccc(Sc2ccccc2)c(C(=O)OC)c1. The fraction of sp³-hybridized carbons (Fsp3) is 0.125. The minimum absolute atomic E-state index is 0.315. The molecular weight excluding hydrogens is 288 g/mol. The summed E-state index contributed by atoms with van der Waals surface area (Å²) in [4.78, 5) is 25.2. The van der Waals surface area contributed by atoms with Crippen LogP contribution in [0.3, 0.4) is 0 Å². The molecule has 0 radical (unpaired) electrons. The molecule has 0 aliphatic rings. The van der Waals surface area contributed by atoms with Gasteiger partial charge in [-0.3, -0.25) is 0 Å². The van der Waals surface area contributed by atoms with Crippen molar-refractivity contribution in [2.45, 2.75) is 9.79 Å². The second-order valence-electron chi connectivity index (χ2n) is 4.11. The molecule has 0 spiro atoms. The van der Waals surface area contributed by atoms with Gasteiger partial charge in [0, 0.05) is 9.79 Å². The van der Waals surface area contributed by atoms with E-state index >= 15 is 0 Å². The lowest BCUT2D eigenvalue weighted by molar-refractivity contribution is 0.0596. The zero-order valence-corrected chi connectivity index (χ0v) is 12.5. The number of methoxy groups -OCH3 is 2. The first-order valence-corrected chi connectivity index (χ1v) is 7.01. The predicted molar refractivity (Wildman–Crippen MR) is 79.7 cm³/mol. The minimum atomic E-state index is -0.489. The number of carbonyl (C=O) groups is 2.